The zero-order valence-corrected chi connectivity index (χ0v) is 19.9. The van der Waals surface area contributed by atoms with Crippen LogP contribution in [0.15, 0.2) is 90.3 Å². The number of para-hydroxylation sites is 1. The molecular weight excluding hydrogens is 478 g/mol. The monoisotopic (exact) mass is 499 g/mol. The number of benzene rings is 3. The summed E-state index contributed by atoms with van der Waals surface area (Å²) in [7, 11) is -2.61. The summed E-state index contributed by atoms with van der Waals surface area (Å²) < 4.78 is 38.0. The zero-order valence-electron chi connectivity index (χ0n) is 18.3. The second-order valence-electron chi connectivity index (χ2n) is 7.04. The van der Waals surface area contributed by atoms with E-state index in [1.807, 2.05) is 0 Å². The van der Waals surface area contributed by atoms with Crippen molar-refractivity contribution < 1.29 is 27.5 Å². The second-order valence-corrected chi connectivity index (χ2v) is 9.30. The van der Waals surface area contributed by atoms with E-state index in [-0.39, 0.29) is 27.7 Å². The summed E-state index contributed by atoms with van der Waals surface area (Å²) >= 11 is 6.22. The smallest absolute Gasteiger partial charge is 0.338 e. The maximum absolute atomic E-state index is 13.4. The van der Waals surface area contributed by atoms with Gasteiger partial charge in [-0.2, -0.15) is 0 Å². The number of ketones is 1. The van der Waals surface area contributed by atoms with E-state index in [9.17, 15) is 18.0 Å². The Hall–Kier alpha value is -3.62. The first-order valence-corrected chi connectivity index (χ1v) is 11.9. The predicted molar refractivity (Wildman–Crippen MR) is 130 cm³/mol. The van der Waals surface area contributed by atoms with Crippen molar-refractivity contribution in [3.63, 3.8) is 0 Å². The van der Waals surface area contributed by atoms with Crippen molar-refractivity contribution in [2.24, 2.45) is 0 Å². The highest BCUT2D eigenvalue weighted by Crippen LogP contribution is 2.30. The largest absolute Gasteiger partial charge is 0.497 e. The predicted octanol–water partition coefficient (Wildman–Crippen LogP) is 4.77. The highest BCUT2D eigenvalue weighted by Gasteiger charge is 2.26. The molecule has 34 heavy (non-hydrogen) atoms. The Bertz CT molecular complexity index is 1320. The van der Waals surface area contributed by atoms with Crippen LogP contribution >= 0.6 is 11.6 Å². The van der Waals surface area contributed by atoms with Crippen molar-refractivity contribution in [2.45, 2.75) is 4.90 Å². The summed E-state index contributed by atoms with van der Waals surface area (Å²) in [5.74, 6) is -0.758. The van der Waals surface area contributed by atoms with Gasteiger partial charge >= 0.3 is 5.97 Å². The molecule has 0 fully saturated rings. The van der Waals surface area contributed by atoms with Crippen molar-refractivity contribution in [3.8, 4) is 5.75 Å². The number of ether oxygens (including phenoxy) is 2. The van der Waals surface area contributed by atoms with Crippen molar-refractivity contribution in [1.82, 2.24) is 0 Å². The highest BCUT2D eigenvalue weighted by atomic mass is 35.5. The van der Waals surface area contributed by atoms with Crippen molar-refractivity contribution in [3.05, 3.63) is 102 Å². The number of esters is 1. The van der Waals surface area contributed by atoms with Crippen molar-refractivity contribution in [1.29, 1.82) is 0 Å². The summed E-state index contributed by atoms with van der Waals surface area (Å²) in [6.45, 7) is 3.08. The Morgan fingerprint density at radius 1 is 1.00 bits per heavy atom. The molecular formula is C25H22ClNO6S. The van der Waals surface area contributed by atoms with Gasteiger partial charge in [0.05, 0.1) is 34.8 Å². The van der Waals surface area contributed by atoms with Crippen LogP contribution in [0.5, 0.6) is 5.75 Å². The van der Waals surface area contributed by atoms with Gasteiger partial charge in [0.25, 0.3) is 10.0 Å². The number of Topliss-reactive ketones (excluding diaryl/α,β-unsaturated/α-hetero) is 1. The quantitative estimate of drug-likeness (QED) is 0.227. The summed E-state index contributed by atoms with van der Waals surface area (Å²) in [6, 6.07) is 18.3. The van der Waals surface area contributed by atoms with E-state index in [1.165, 1.54) is 43.5 Å². The molecule has 0 aliphatic heterocycles. The molecule has 0 radical (unpaired) electrons. The lowest BCUT2D eigenvalue weighted by molar-refractivity contribution is 0.0474. The van der Waals surface area contributed by atoms with E-state index in [2.05, 4.69) is 6.58 Å². The molecule has 0 bridgehead atoms. The fraction of sp³-hybridized carbons (Fsp3) is 0.120. The minimum atomic E-state index is -4.09. The number of methoxy groups -OCH3 is 1. The number of sulfonamides is 1. The van der Waals surface area contributed by atoms with Crippen LogP contribution in [0, 0.1) is 0 Å². The number of rotatable bonds is 10. The number of anilines is 1. The molecule has 0 spiro atoms. The van der Waals surface area contributed by atoms with Crippen LogP contribution in [0.2, 0.25) is 5.02 Å². The standard InChI is InChI=1S/C25H22ClNO6S/c1-3-14-27(23-13-5-4-12-22(23)26)34(30,31)21-11-7-9-19(16-21)25(29)33-17-24(28)18-8-6-10-20(15-18)32-2/h3-13,15-16H,1,14,17H2,2H3. The molecule has 0 saturated carbocycles. The molecule has 0 unspecified atom stereocenters. The van der Waals surface area contributed by atoms with Gasteiger partial charge in [-0.3, -0.25) is 9.10 Å². The molecule has 0 aromatic heterocycles. The molecule has 0 atom stereocenters. The lowest BCUT2D eigenvalue weighted by Gasteiger charge is -2.24. The average Bonchev–Trinajstić information content (AvgIpc) is 2.86. The zero-order chi connectivity index (χ0) is 24.7. The lowest BCUT2D eigenvalue weighted by atomic mass is 10.1. The van der Waals surface area contributed by atoms with Gasteiger partial charge in [0.15, 0.2) is 12.4 Å². The average molecular weight is 500 g/mol. The molecule has 0 heterocycles. The topological polar surface area (TPSA) is 90.0 Å². The summed E-state index contributed by atoms with van der Waals surface area (Å²) in [5, 5.41) is 0.250. The van der Waals surface area contributed by atoms with E-state index in [1.54, 1.807) is 42.5 Å². The lowest BCUT2D eigenvalue weighted by Crippen LogP contribution is -2.31. The number of nitrogens with zero attached hydrogens (tertiary/aromatic N) is 1. The van der Waals surface area contributed by atoms with Crippen LogP contribution in [0.3, 0.4) is 0 Å². The number of carbonyl (C=O) groups excluding carboxylic acids is 2. The number of hydrogen-bond donors (Lipinski definition) is 0. The third-order valence-corrected chi connectivity index (χ3v) is 6.90. The molecule has 3 aromatic rings. The molecule has 3 rings (SSSR count). The van der Waals surface area contributed by atoms with Gasteiger partial charge in [0, 0.05) is 5.56 Å². The normalized spacial score (nSPS) is 10.9. The third kappa shape index (κ3) is 5.65. The Morgan fingerprint density at radius 3 is 2.41 bits per heavy atom. The fourth-order valence-corrected chi connectivity index (χ4v) is 4.89. The summed E-state index contributed by atoms with van der Waals surface area (Å²) in [5.41, 5.74) is 0.585. The molecule has 176 valence electrons. The van der Waals surface area contributed by atoms with Gasteiger partial charge in [-0.05, 0) is 42.5 Å². The minimum absolute atomic E-state index is 0.0165. The van der Waals surface area contributed by atoms with Crippen LogP contribution in [0.25, 0.3) is 0 Å². The SMILES string of the molecule is C=CCN(c1ccccc1Cl)S(=O)(=O)c1cccc(C(=O)OCC(=O)c2cccc(OC)c2)c1. The van der Waals surface area contributed by atoms with E-state index in [0.717, 1.165) is 4.31 Å². The van der Waals surface area contributed by atoms with Gasteiger partial charge in [-0.25, -0.2) is 13.2 Å². The molecule has 0 aliphatic rings. The third-order valence-electron chi connectivity index (χ3n) is 4.80. The number of hydrogen-bond acceptors (Lipinski definition) is 6. The molecule has 9 heteroatoms. The van der Waals surface area contributed by atoms with Crippen LogP contribution in [-0.4, -0.2) is 40.4 Å². The first-order chi connectivity index (χ1) is 16.3. The van der Waals surface area contributed by atoms with Gasteiger partial charge in [-0.15, -0.1) is 6.58 Å². The Kier molecular flexibility index (Phi) is 8.09. The van der Waals surface area contributed by atoms with Crippen LogP contribution in [0.4, 0.5) is 5.69 Å². The second kappa shape index (κ2) is 11.0. The maximum atomic E-state index is 13.4. The molecule has 0 N–H and O–H groups in total. The van der Waals surface area contributed by atoms with E-state index in [4.69, 9.17) is 21.1 Å². The Morgan fingerprint density at radius 2 is 1.71 bits per heavy atom. The van der Waals surface area contributed by atoms with E-state index >= 15 is 0 Å². The molecule has 0 amide bonds. The summed E-state index contributed by atoms with van der Waals surface area (Å²) in [4.78, 5) is 24.8. The first kappa shape index (κ1) is 25.0. The molecule has 3 aromatic carbocycles. The highest BCUT2D eigenvalue weighted by molar-refractivity contribution is 7.92. The molecule has 7 nitrogen and oxygen atoms in total. The van der Waals surface area contributed by atoms with Gasteiger partial charge in [0.1, 0.15) is 5.75 Å². The van der Waals surface area contributed by atoms with Gasteiger partial charge in [0.2, 0.25) is 0 Å². The van der Waals surface area contributed by atoms with Crippen LogP contribution < -0.4 is 9.04 Å². The minimum Gasteiger partial charge on any atom is -0.497 e. The number of halogens is 1. The Balaban J connectivity index is 1.81. The van der Waals surface area contributed by atoms with Gasteiger partial charge in [-0.1, -0.05) is 48.0 Å². The summed E-state index contributed by atoms with van der Waals surface area (Å²) in [6.07, 6.45) is 1.43. The number of carbonyl (C=O) groups is 2. The maximum Gasteiger partial charge on any atom is 0.338 e. The molecule has 0 aliphatic carbocycles. The first-order valence-electron chi connectivity index (χ1n) is 10.1. The van der Waals surface area contributed by atoms with Crippen LogP contribution in [-0.2, 0) is 14.8 Å². The van der Waals surface area contributed by atoms with Gasteiger partial charge < -0.3 is 9.47 Å². The Labute approximate surface area is 203 Å². The van der Waals surface area contributed by atoms with Crippen LogP contribution in [0.1, 0.15) is 20.7 Å². The van der Waals surface area contributed by atoms with E-state index < -0.39 is 28.4 Å². The van der Waals surface area contributed by atoms with E-state index in [0.29, 0.717) is 11.3 Å². The fourth-order valence-electron chi connectivity index (χ4n) is 3.10. The van der Waals surface area contributed by atoms with Crippen molar-refractivity contribution in [2.75, 3.05) is 24.6 Å². The van der Waals surface area contributed by atoms with Crippen molar-refractivity contribution >= 4 is 39.1 Å². The molecule has 0 saturated heterocycles.